The predicted molar refractivity (Wildman–Crippen MR) is 84.0 cm³/mol. The molecule has 0 aliphatic heterocycles. The van der Waals surface area contributed by atoms with E-state index in [-0.39, 0.29) is 0 Å². The lowest BCUT2D eigenvalue weighted by Gasteiger charge is -2.15. The zero-order valence-corrected chi connectivity index (χ0v) is 13.3. The summed E-state index contributed by atoms with van der Waals surface area (Å²) in [7, 11) is 0. The van der Waals surface area contributed by atoms with E-state index in [1.165, 1.54) is 0 Å². The third kappa shape index (κ3) is 6.36. The molecule has 0 spiro atoms. The van der Waals surface area contributed by atoms with Crippen molar-refractivity contribution in [2.24, 2.45) is 0 Å². The van der Waals surface area contributed by atoms with Crippen LogP contribution >= 0.6 is 0 Å². The van der Waals surface area contributed by atoms with Crippen LogP contribution in [-0.4, -0.2) is 35.6 Å². The van der Waals surface area contributed by atoms with Gasteiger partial charge in [0.25, 0.3) is 0 Å². The predicted octanol–water partition coefficient (Wildman–Crippen LogP) is 2.94. The summed E-state index contributed by atoms with van der Waals surface area (Å²) < 4.78 is 11.4. The second kappa shape index (κ2) is 9.64. The van der Waals surface area contributed by atoms with Crippen LogP contribution in [0.2, 0.25) is 0 Å². The van der Waals surface area contributed by atoms with Crippen molar-refractivity contribution in [1.29, 1.82) is 0 Å². The summed E-state index contributed by atoms with van der Waals surface area (Å²) in [6.45, 7) is 7.06. The van der Waals surface area contributed by atoms with E-state index in [1.807, 2.05) is 18.2 Å². The van der Waals surface area contributed by atoms with Crippen molar-refractivity contribution in [1.82, 2.24) is 0 Å². The summed E-state index contributed by atoms with van der Waals surface area (Å²) in [6, 6.07) is 5.87. The van der Waals surface area contributed by atoms with E-state index < -0.39 is 12.2 Å². The molecular formula is C17H28O4. The van der Waals surface area contributed by atoms with Crippen molar-refractivity contribution in [3.63, 3.8) is 0 Å². The standard InChI is InChI=1S/C17H28O4/c1-4-10-20-16-9-7-14(6-8-15(19)13(3)18)12-17(16)21-11-5-2/h7,9,12-13,15,18-19H,4-6,8,10-11H2,1-3H3. The molecule has 0 aliphatic carbocycles. The number of ether oxygens (including phenoxy) is 2. The summed E-state index contributed by atoms with van der Waals surface area (Å²) in [5, 5.41) is 19.0. The van der Waals surface area contributed by atoms with Gasteiger partial charge in [-0.1, -0.05) is 19.9 Å². The lowest BCUT2D eigenvalue weighted by Crippen LogP contribution is -2.22. The Labute approximate surface area is 127 Å². The first kappa shape index (κ1) is 17.8. The maximum absolute atomic E-state index is 9.66. The number of rotatable bonds is 10. The lowest BCUT2D eigenvalue weighted by atomic mass is 10.0. The number of benzene rings is 1. The fourth-order valence-electron chi connectivity index (χ4n) is 1.92. The number of hydrogen-bond donors (Lipinski definition) is 2. The van der Waals surface area contributed by atoms with Gasteiger partial charge in [-0.2, -0.15) is 0 Å². The van der Waals surface area contributed by atoms with E-state index in [0.29, 0.717) is 26.1 Å². The Kier molecular flexibility index (Phi) is 8.16. The summed E-state index contributed by atoms with van der Waals surface area (Å²) in [6.07, 6.45) is 1.73. The van der Waals surface area contributed by atoms with E-state index in [1.54, 1.807) is 6.92 Å². The van der Waals surface area contributed by atoms with Gasteiger partial charge in [-0.25, -0.2) is 0 Å². The molecule has 0 bridgehead atoms. The van der Waals surface area contributed by atoms with Gasteiger partial charge in [-0.3, -0.25) is 0 Å². The SMILES string of the molecule is CCCOc1ccc(CCC(O)C(C)O)cc1OCCC. The van der Waals surface area contributed by atoms with Crippen molar-refractivity contribution in [2.75, 3.05) is 13.2 Å². The molecule has 1 aromatic rings. The Morgan fingerprint density at radius 2 is 1.62 bits per heavy atom. The number of aliphatic hydroxyl groups is 2. The van der Waals surface area contributed by atoms with Crippen molar-refractivity contribution in [3.8, 4) is 11.5 Å². The highest BCUT2D eigenvalue weighted by Gasteiger charge is 2.12. The van der Waals surface area contributed by atoms with Crippen molar-refractivity contribution >= 4 is 0 Å². The third-order valence-corrected chi connectivity index (χ3v) is 3.22. The van der Waals surface area contributed by atoms with Crippen LogP contribution in [0.1, 0.15) is 45.6 Å². The molecule has 0 aliphatic rings. The van der Waals surface area contributed by atoms with Crippen LogP contribution in [-0.2, 0) is 6.42 Å². The van der Waals surface area contributed by atoms with Gasteiger partial charge in [0.15, 0.2) is 11.5 Å². The quantitative estimate of drug-likeness (QED) is 0.697. The second-order valence-electron chi connectivity index (χ2n) is 5.32. The molecule has 0 heterocycles. The van der Waals surface area contributed by atoms with Gasteiger partial charge in [0, 0.05) is 0 Å². The average Bonchev–Trinajstić information content (AvgIpc) is 2.49. The van der Waals surface area contributed by atoms with Gasteiger partial charge < -0.3 is 19.7 Å². The van der Waals surface area contributed by atoms with Crippen molar-refractivity contribution in [3.05, 3.63) is 23.8 Å². The topological polar surface area (TPSA) is 58.9 Å². The first-order chi connectivity index (χ1) is 10.1. The van der Waals surface area contributed by atoms with Gasteiger partial charge >= 0.3 is 0 Å². The summed E-state index contributed by atoms with van der Waals surface area (Å²) in [5.41, 5.74) is 1.07. The van der Waals surface area contributed by atoms with Gasteiger partial charge in [-0.15, -0.1) is 0 Å². The maximum Gasteiger partial charge on any atom is 0.161 e. The molecule has 0 radical (unpaired) electrons. The molecule has 2 unspecified atom stereocenters. The van der Waals surface area contributed by atoms with Crippen molar-refractivity contribution in [2.45, 2.75) is 58.7 Å². The average molecular weight is 296 g/mol. The Morgan fingerprint density at radius 1 is 1.00 bits per heavy atom. The minimum Gasteiger partial charge on any atom is -0.490 e. The van der Waals surface area contributed by atoms with E-state index in [4.69, 9.17) is 9.47 Å². The molecular weight excluding hydrogens is 268 g/mol. The molecule has 4 heteroatoms. The van der Waals surface area contributed by atoms with Gasteiger partial charge in [-0.05, 0) is 50.3 Å². The molecule has 1 aromatic carbocycles. The lowest BCUT2D eigenvalue weighted by molar-refractivity contribution is 0.0265. The number of hydrogen-bond acceptors (Lipinski definition) is 4. The highest BCUT2D eigenvalue weighted by Crippen LogP contribution is 2.29. The van der Waals surface area contributed by atoms with Crippen LogP contribution in [0, 0.1) is 0 Å². The van der Waals surface area contributed by atoms with Crippen LogP contribution < -0.4 is 9.47 Å². The molecule has 2 atom stereocenters. The zero-order chi connectivity index (χ0) is 15.7. The van der Waals surface area contributed by atoms with E-state index >= 15 is 0 Å². The van der Waals surface area contributed by atoms with Gasteiger partial charge in [0.05, 0.1) is 25.4 Å². The Morgan fingerprint density at radius 3 is 2.19 bits per heavy atom. The molecule has 0 fully saturated rings. The number of aliphatic hydroxyl groups excluding tert-OH is 2. The van der Waals surface area contributed by atoms with Crippen LogP contribution in [0.4, 0.5) is 0 Å². The Hall–Kier alpha value is -1.26. The van der Waals surface area contributed by atoms with Crippen LogP contribution in [0.5, 0.6) is 11.5 Å². The van der Waals surface area contributed by atoms with Crippen LogP contribution in [0.25, 0.3) is 0 Å². The highest BCUT2D eigenvalue weighted by atomic mass is 16.5. The molecule has 2 N–H and O–H groups in total. The zero-order valence-electron chi connectivity index (χ0n) is 13.3. The minimum absolute atomic E-state index is 0.528. The van der Waals surface area contributed by atoms with Crippen LogP contribution in [0.3, 0.4) is 0 Å². The maximum atomic E-state index is 9.66. The smallest absolute Gasteiger partial charge is 0.161 e. The Bertz CT molecular complexity index is 404. The molecule has 0 aromatic heterocycles. The minimum atomic E-state index is -0.701. The fraction of sp³-hybridized carbons (Fsp3) is 0.647. The van der Waals surface area contributed by atoms with Crippen molar-refractivity contribution < 1.29 is 19.7 Å². The van der Waals surface area contributed by atoms with E-state index in [2.05, 4.69) is 13.8 Å². The Balaban J connectivity index is 2.72. The molecule has 21 heavy (non-hydrogen) atoms. The molecule has 0 saturated heterocycles. The summed E-state index contributed by atoms with van der Waals surface area (Å²) in [4.78, 5) is 0. The normalized spacial score (nSPS) is 13.8. The monoisotopic (exact) mass is 296 g/mol. The fourth-order valence-corrected chi connectivity index (χ4v) is 1.92. The summed E-state index contributed by atoms with van der Waals surface area (Å²) >= 11 is 0. The largest absolute Gasteiger partial charge is 0.490 e. The van der Waals surface area contributed by atoms with Gasteiger partial charge in [0.2, 0.25) is 0 Å². The van der Waals surface area contributed by atoms with E-state index in [9.17, 15) is 10.2 Å². The molecule has 0 saturated carbocycles. The molecule has 4 nitrogen and oxygen atoms in total. The first-order valence-electron chi connectivity index (χ1n) is 7.83. The highest BCUT2D eigenvalue weighted by molar-refractivity contribution is 5.43. The van der Waals surface area contributed by atoms with Crippen LogP contribution in [0.15, 0.2) is 18.2 Å². The molecule has 120 valence electrons. The molecule has 0 amide bonds. The number of aryl methyl sites for hydroxylation is 1. The summed E-state index contributed by atoms with van der Waals surface area (Å²) in [5.74, 6) is 1.53. The van der Waals surface area contributed by atoms with E-state index in [0.717, 1.165) is 29.9 Å². The molecule has 1 rings (SSSR count). The first-order valence-corrected chi connectivity index (χ1v) is 7.83. The van der Waals surface area contributed by atoms with Gasteiger partial charge in [0.1, 0.15) is 0 Å². The second-order valence-corrected chi connectivity index (χ2v) is 5.32. The third-order valence-electron chi connectivity index (χ3n) is 3.22.